The number of carbonyl (C=O) groups excluding carboxylic acids is 2. The second kappa shape index (κ2) is 5.82. The van der Waals surface area contributed by atoms with Gasteiger partial charge in [-0.3, -0.25) is 0 Å². The van der Waals surface area contributed by atoms with Gasteiger partial charge in [0.2, 0.25) is 0 Å². The third-order valence-electron chi connectivity index (χ3n) is 3.71. The van der Waals surface area contributed by atoms with E-state index in [9.17, 15) is 22.6 Å². The second-order valence-corrected chi connectivity index (χ2v) is 6.01. The van der Waals surface area contributed by atoms with Gasteiger partial charge in [-0.2, -0.15) is 0 Å². The minimum absolute atomic E-state index is 0. The molecule has 8 nitrogen and oxygen atoms in total. The summed E-state index contributed by atoms with van der Waals surface area (Å²) in [5.74, 6) is -0.681. The number of rotatable bonds is 2. The van der Waals surface area contributed by atoms with Crippen LogP contribution in [-0.4, -0.2) is 47.8 Å². The van der Waals surface area contributed by atoms with Gasteiger partial charge in [0.25, 0.3) is 0 Å². The van der Waals surface area contributed by atoms with Crippen molar-refractivity contribution in [2.75, 3.05) is 13.7 Å². The van der Waals surface area contributed by atoms with Crippen molar-refractivity contribution in [3.8, 4) is 0 Å². The van der Waals surface area contributed by atoms with Crippen LogP contribution in [0, 0.1) is 0 Å². The minimum atomic E-state index is -4.96. The van der Waals surface area contributed by atoms with Gasteiger partial charge in [0, 0.05) is 6.54 Å². The van der Waals surface area contributed by atoms with Crippen LogP contribution in [-0.2, 0) is 19.8 Å². The Bertz CT molecular complexity index is 737. The predicted octanol–water partition coefficient (Wildman–Crippen LogP) is -2.84. The second-order valence-electron chi connectivity index (χ2n) is 4.76. The van der Waals surface area contributed by atoms with Crippen LogP contribution in [0.1, 0.15) is 23.2 Å². The number of amides is 2. The van der Waals surface area contributed by atoms with E-state index in [-0.39, 0.29) is 40.4 Å². The summed E-state index contributed by atoms with van der Waals surface area (Å²) in [6, 6.07) is 3.59. The molecule has 2 bridgehead atoms. The smallest absolute Gasteiger partial charge is 0.731 e. The molecule has 2 aliphatic rings. The summed E-state index contributed by atoms with van der Waals surface area (Å²) in [5, 5.41) is 0. The van der Waals surface area contributed by atoms with Crippen molar-refractivity contribution in [3.63, 3.8) is 0 Å². The standard InChI is InChI=1S/C12H12N2O6S.Na/c1-20-11(15)10-8-5-3-2-4-7(8)9-6-13(10)12(16)14(9)21(17,18)19;/h2-5,9-10H,6H2,1H3,(H,17,18,19);/q;+1/p-1/t9-,10+;/m0./s1. The Morgan fingerprint density at radius 1 is 1.32 bits per heavy atom. The zero-order chi connectivity index (χ0) is 15.4. The molecule has 10 heteroatoms. The summed E-state index contributed by atoms with van der Waals surface area (Å²) in [7, 11) is -3.78. The van der Waals surface area contributed by atoms with Crippen LogP contribution in [0.15, 0.2) is 24.3 Å². The average molecular weight is 334 g/mol. The number of esters is 1. The third kappa shape index (κ3) is 2.42. The number of nitrogens with zero attached hydrogens (tertiary/aromatic N) is 2. The molecule has 0 saturated carbocycles. The molecule has 0 unspecified atom stereocenters. The van der Waals surface area contributed by atoms with E-state index in [0.29, 0.717) is 11.1 Å². The number of benzene rings is 1. The summed E-state index contributed by atoms with van der Waals surface area (Å²) in [6.07, 6.45) is 0. The van der Waals surface area contributed by atoms with E-state index in [1.807, 2.05) is 0 Å². The molecule has 0 N–H and O–H groups in total. The molecule has 2 atom stereocenters. The Morgan fingerprint density at radius 2 is 1.91 bits per heavy atom. The number of urea groups is 1. The Labute approximate surface area is 149 Å². The van der Waals surface area contributed by atoms with Crippen LogP contribution in [0.3, 0.4) is 0 Å². The van der Waals surface area contributed by atoms with Crippen LogP contribution in [0.25, 0.3) is 0 Å². The zero-order valence-electron chi connectivity index (χ0n) is 11.9. The van der Waals surface area contributed by atoms with Gasteiger partial charge in [-0.15, -0.1) is 0 Å². The van der Waals surface area contributed by atoms with Crippen molar-refractivity contribution in [2.24, 2.45) is 0 Å². The van der Waals surface area contributed by atoms with Crippen molar-refractivity contribution >= 4 is 22.3 Å². The number of ether oxygens (including phenoxy) is 1. The molecular formula is C12H11N2NaO6S. The van der Waals surface area contributed by atoms with Gasteiger partial charge in [0.05, 0.1) is 13.2 Å². The summed E-state index contributed by atoms with van der Waals surface area (Å²) < 4.78 is 39.0. The van der Waals surface area contributed by atoms with Gasteiger partial charge in [-0.05, 0) is 11.1 Å². The van der Waals surface area contributed by atoms with Gasteiger partial charge in [-0.1, -0.05) is 24.3 Å². The zero-order valence-corrected chi connectivity index (χ0v) is 14.7. The van der Waals surface area contributed by atoms with E-state index >= 15 is 0 Å². The number of methoxy groups -OCH3 is 1. The minimum Gasteiger partial charge on any atom is -0.731 e. The first-order chi connectivity index (χ1) is 9.86. The average Bonchev–Trinajstić information content (AvgIpc) is 2.73. The first kappa shape index (κ1) is 17.2. The summed E-state index contributed by atoms with van der Waals surface area (Å²) in [6.45, 7) is -0.0446. The normalized spacial score (nSPS) is 22.9. The number of hydrogen-bond donors (Lipinski definition) is 0. The fourth-order valence-electron chi connectivity index (χ4n) is 2.89. The number of hydrogen-bond acceptors (Lipinski definition) is 6. The van der Waals surface area contributed by atoms with Gasteiger partial charge in [0.15, 0.2) is 16.3 Å². The quantitative estimate of drug-likeness (QED) is 0.327. The Hall–Kier alpha value is -1.13. The molecule has 0 radical (unpaired) electrons. The van der Waals surface area contributed by atoms with Crippen LogP contribution in [0.5, 0.6) is 0 Å². The first-order valence-corrected chi connectivity index (χ1v) is 7.45. The third-order valence-corrected chi connectivity index (χ3v) is 4.61. The van der Waals surface area contributed by atoms with Crippen LogP contribution < -0.4 is 29.6 Å². The summed E-state index contributed by atoms with van der Waals surface area (Å²) in [4.78, 5) is 25.2. The SMILES string of the molecule is COC(=O)[C@H]1c2ccccc2[C@@H]2CN1C(=O)N2S(=O)(=O)[O-].[Na+]. The van der Waals surface area contributed by atoms with Crippen LogP contribution in [0.2, 0.25) is 0 Å². The number of fused-ring (bicyclic) bond motifs is 4. The molecule has 1 aromatic rings. The topological polar surface area (TPSA) is 107 Å². The van der Waals surface area contributed by atoms with E-state index in [0.717, 1.165) is 4.90 Å². The van der Waals surface area contributed by atoms with Crippen LogP contribution >= 0.6 is 0 Å². The molecule has 1 saturated heterocycles. The molecule has 1 aromatic carbocycles. The molecule has 3 rings (SSSR count). The van der Waals surface area contributed by atoms with E-state index in [1.54, 1.807) is 24.3 Å². The first-order valence-electron chi connectivity index (χ1n) is 6.08. The van der Waals surface area contributed by atoms with Crippen LogP contribution in [0.4, 0.5) is 4.79 Å². The number of carbonyl (C=O) groups is 2. The monoisotopic (exact) mass is 334 g/mol. The molecule has 1 fully saturated rings. The van der Waals surface area contributed by atoms with Crippen molar-refractivity contribution in [1.29, 1.82) is 0 Å². The Morgan fingerprint density at radius 3 is 2.45 bits per heavy atom. The Kier molecular flexibility index (Phi) is 4.56. The van der Waals surface area contributed by atoms with Crippen molar-refractivity contribution in [3.05, 3.63) is 35.4 Å². The Balaban J connectivity index is 0.00000176. The maximum Gasteiger partial charge on any atom is 1.00 e. The maximum atomic E-state index is 12.2. The van der Waals surface area contributed by atoms with Crippen molar-refractivity contribution < 1.29 is 56.9 Å². The molecule has 0 aliphatic carbocycles. The van der Waals surface area contributed by atoms with Gasteiger partial charge >= 0.3 is 41.6 Å². The van der Waals surface area contributed by atoms with E-state index in [4.69, 9.17) is 0 Å². The molecule has 112 valence electrons. The molecular weight excluding hydrogens is 323 g/mol. The fourth-order valence-corrected chi connectivity index (χ4v) is 3.68. The molecule has 2 aliphatic heterocycles. The van der Waals surface area contributed by atoms with Crippen molar-refractivity contribution in [2.45, 2.75) is 12.1 Å². The van der Waals surface area contributed by atoms with Gasteiger partial charge in [0.1, 0.15) is 0 Å². The molecule has 22 heavy (non-hydrogen) atoms. The van der Waals surface area contributed by atoms with Gasteiger partial charge < -0.3 is 14.2 Å². The molecule has 2 amide bonds. The predicted molar refractivity (Wildman–Crippen MR) is 67.6 cm³/mol. The summed E-state index contributed by atoms with van der Waals surface area (Å²) >= 11 is 0. The fraction of sp³-hybridized carbons (Fsp3) is 0.333. The van der Waals surface area contributed by atoms with Crippen molar-refractivity contribution in [1.82, 2.24) is 9.21 Å². The van der Waals surface area contributed by atoms with E-state index in [2.05, 4.69) is 4.74 Å². The maximum absolute atomic E-state index is 12.2. The van der Waals surface area contributed by atoms with E-state index in [1.165, 1.54) is 7.11 Å². The summed E-state index contributed by atoms with van der Waals surface area (Å²) in [5.41, 5.74) is 0.939. The molecule has 2 heterocycles. The largest absolute Gasteiger partial charge is 1.00 e. The van der Waals surface area contributed by atoms with Gasteiger partial charge in [-0.25, -0.2) is 22.3 Å². The van der Waals surface area contributed by atoms with E-state index < -0.39 is 34.4 Å². The molecule has 0 spiro atoms. The molecule has 0 aromatic heterocycles.